The second-order valence-corrected chi connectivity index (χ2v) is 9.25. The SMILES string of the molecule is C[C@]1(N)CCN(c2c(C(=O)NC(C3CCC3)C(F)(F)F)cncc2-c2cc(F)cc(F)c2)C1. The largest absolute Gasteiger partial charge is 0.408 e. The average Bonchev–Trinajstić information content (AvgIpc) is 3.03. The molecule has 1 amide bonds. The van der Waals surface area contributed by atoms with Crippen LogP contribution >= 0.6 is 0 Å². The minimum absolute atomic E-state index is 0.0940. The molecule has 2 atom stereocenters. The molecule has 10 heteroatoms. The van der Waals surface area contributed by atoms with Gasteiger partial charge in [-0.25, -0.2) is 8.78 Å². The zero-order chi connectivity index (χ0) is 24.0. The van der Waals surface area contributed by atoms with E-state index in [1.165, 1.54) is 12.4 Å². The van der Waals surface area contributed by atoms with Crippen molar-refractivity contribution in [3.63, 3.8) is 0 Å². The van der Waals surface area contributed by atoms with E-state index in [1.54, 1.807) is 4.90 Å². The number of nitrogens with one attached hydrogen (secondary N) is 1. The minimum atomic E-state index is -4.60. The van der Waals surface area contributed by atoms with Crippen molar-refractivity contribution in [3.05, 3.63) is 47.8 Å². The van der Waals surface area contributed by atoms with Gasteiger partial charge < -0.3 is 16.0 Å². The summed E-state index contributed by atoms with van der Waals surface area (Å²) in [6, 6.07) is 0.929. The third kappa shape index (κ3) is 4.95. The molecule has 3 N–H and O–H groups in total. The molecule has 178 valence electrons. The van der Waals surface area contributed by atoms with E-state index >= 15 is 0 Å². The first-order chi connectivity index (χ1) is 15.4. The van der Waals surface area contributed by atoms with Crippen LogP contribution in [0.3, 0.4) is 0 Å². The van der Waals surface area contributed by atoms with Crippen molar-refractivity contribution in [2.45, 2.75) is 50.4 Å². The Bertz CT molecular complexity index is 1030. The van der Waals surface area contributed by atoms with Crippen molar-refractivity contribution < 1.29 is 26.7 Å². The highest BCUT2D eigenvalue weighted by Gasteiger charge is 2.47. The lowest BCUT2D eigenvalue weighted by Crippen LogP contribution is -2.52. The number of anilines is 1. The van der Waals surface area contributed by atoms with Crippen LogP contribution in [0.25, 0.3) is 11.1 Å². The highest BCUT2D eigenvalue weighted by molar-refractivity contribution is 6.03. The van der Waals surface area contributed by atoms with Crippen LogP contribution in [0.4, 0.5) is 27.6 Å². The molecule has 1 aromatic carbocycles. The van der Waals surface area contributed by atoms with Gasteiger partial charge in [-0.05, 0) is 49.8 Å². The van der Waals surface area contributed by atoms with Crippen molar-refractivity contribution in [2.24, 2.45) is 11.7 Å². The van der Waals surface area contributed by atoms with Gasteiger partial charge in [0.25, 0.3) is 5.91 Å². The van der Waals surface area contributed by atoms with Gasteiger partial charge in [0.15, 0.2) is 0 Å². The second kappa shape index (κ2) is 8.55. The number of amides is 1. The summed E-state index contributed by atoms with van der Waals surface area (Å²) in [5, 5.41) is 2.15. The first-order valence-electron chi connectivity index (χ1n) is 10.8. The molecule has 1 saturated heterocycles. The topological polar surface area (TPSA) is 71.2 Å². The van der Waals surface area contributed by atoms with Crippen molar-refractivity contribution in [3.8, 4) is 11.1 Å². The number of benzene rings is 1. The summed E-state index contributed by atoms with van der Waals surface area (Å²) in [5.41, 5.74) is 6.18. The van der Waals surface area contributed by atoms with Crippen molar-refractivity contribution in [1.29, 1.82) is 0 Å². The zero-order valence-electron chi connectivity index (χ0n) is 18.1. The number of alkyl halides is 3. The molecule has 0 spiro atoms. The lowest BCUT2D eigenvalue weighted by atomic mass is 9.79. The fraction of sp³-hybridized carbons (Fsp3) is 0.478. The smallest absolute Gasteiger partial charge is 0.368 e. The summed E-state index contributed by atoms with van der Waals surface area (Å²) >= 11 is 0. The number of halogens is 5. The van der Waals surface area contributed by atoms with E-state index in [1.807, 2.05) is 6.92 Å². The van der Waals surface area contributed by atoms with Crippen LogP contribution in [0.2, 0.25) is 0 Å². The summed E-state index contributed by atoms with van der Waals surface area (Å²) in [6.45, 7) is 2.56. The van der Waals surface area contributed by atoms with E-state index in [2.05, 4.69) is 10.3 Å². The van der Waals surface area contributed by atoms with E-state index in [0.29, 0.717) is 44.8 Å². The Balaban J connectivity index is 1.78. The molecule has 1 aromatic heterocycles. The van der Waals surface area contributed by atoms with Gasteiger partial charge >= 0.3 is 6.18 Å². The maximum atomic E-state index is 13.9. The molecule has 2 fully saturated rings. The Kier molecular flexibility index (Phi) is 6.07. The van der Waals surface area contributed by atoms with Gasteiger partial charge in [0, 0.05) is 42.7 Å². The van der Waals surface area contributed by atoms with Crippen LogP contribution in [-0.2, 0) is 0 Å². The minimum Gasteiger partial charge on any atom is -0.368 e. The number of aromatic nitrogens is 1. The molecule has 5 nitrogen and oxygen atoms in total. The molecular formula is C23H25F5N4O. The highest BCUT2D eigenvalue weighted by atomic mass is 19.4. The van der Waals surface area contributed by atoms with Gasteiger partial charge in [0.2, 0.25) is 0 Å². The van der Waals surface area contributed by atoms with E-state index in [9.17, 15) is 26.7 Å². The molecule has 2 aromatic rings. The third-order valence-corrected chi connectivity index (χ3v) is 6.42. The van der Waals surface area contributed by atoms with Crippen LogP contribution in [0.1, 0.15) is 43.0 Å². The quantitative estimate of drug-likeness (QED) is 0.638. The van der Waals surface area contributed by atoms with Crippen molar-refractivity contribution in [1.82, 2.24) is 10.3 Å². The number of rotatable bonds is 5. The fourth-order valence-corrected chi connectivity index (χ4v) is 4.52. The Morgan fingerprint density at radius 1 is 1.21 bits per heavy atom. The van der Waals surface area contributed by atoms with E-state index in [0.717, 1.165) is 12.1 Å². The molecular weight excluding hydrogens is 443 g/mol. The molecule has 1 aliphatic heterocycles. The normalized spacial score (nSPS) is 22.2. The van der Waals surface area contributed by atoms with Crippen molar-refractivity contribution >= 4 is 11.6 Å². The molecule has 4 rings (SSSR count). The van der Waals surface area contributed by atoms with Gasteiger partial charge in [0.05, 0.1) is 11.3 Å². The van der Waals surface area contributed by atoms with Crippen LogP contribution in [0, 0.1) is 17.6 Å². The Morgan fingerprint density at radius 2 is 1.88 bits per heavy atom. The van der Waals surface area contributed by atoms with Gasteiger partial charge in [-0.1, -0.05) is 6.42 Å². The summed E-state index contributed by atoms with van der Waals surface area (Å²) in [5.74, 6) is -3.25. The average molecular weight is 468 g/mol. The zero-order valence-corrected chi connectivity index (χ0v) is 18.1. The first kappa shape index (κ1) is 23.4. The number of hydrogen-bond acceptors (Lipinski definition) is 4. The molecule has 33 heavy (non-hydrogen) atoms. The number of nitrogens with zero attached hydrogens (tertiary/aromatic N) is 2. The van der Waals surface area contributed by atoms with Crippen LogP contribution in [0.5, 0.6) is 0 Å². The molecule has 1 aliphatic carbocycles. The van der Waals surface area contributed by atoms with Crippen LogP contribution in [0.15, 0.2) is 30.6 Å². The first-order valence-corrected chi connectivity index (χ1v) is 10.8. The summed E-state index contributed by atoms with van der Waals surface area (Å²) in [7, 11) is 0. The molecule has 2 heterocycles. The Labute approximate surface area is 188 Å². The maximum Gasteiger partial charge on any atom is 0.408 e. The van der Waals surface area contributed by atoms with E-state index in [-0.39, 0.29) is 22.4 Å². The van der Waals surface area contributed by atoms with Gasteiger partial charge in [-0.3, -0.25) is 9.78 Å². The number of hydrogen-bond donors (Lipinski definition) is 2. The van der Waals surface area contributed by atoms with Gasteiger partial charge in [0.1, 0.15) is 17.7 Å². The Morgan fingerprint density at radius 3 is 2.39 bits per heavy atom. The summed E-state index contributed by atoms with van der Waals surface area (Å²) in [4.78, 5) is 18.9. The lowest BCUT2D eigenvalue weighted by Gasteiger charge is -2.35. The number of carbonyl (C=O) groups excluding carboxylic acids is 1. The molecule has 1 saturated carbocycles. The lowest BCUT2D eigenvalue weighted by molar-refractivity contribution is -0.171. The number of carbonyl (C=O) groups is 1. The van der Waals surface area contributed by atoms with Gasteiger partial charge in [-0.2, -0.15) is 13.2 Å². The maximum absolute atomic E-state index is 13.9. The molecule has 0 bridgehead atoms. The molecule has 1 unspecified atom stereocenters. The van der Waals surface area contributed by atoms with Crippen molar-refractivity contribution in [2.75, 3.05) is 18.0 Å². The van der Waals surface area contributed by atoms with E-state index < -0.39 is 41.2 Å². The van der Waals surface area contributed by atoms with Crippen LogP contribution in [-0.4, -0.2) is 41.7 Å². The second-order valence-electron chi connectivity index (χ2n) is 9.25. The molecule has 2 aliphatic rings. The molecule has 0 radical (unpaired) electrons. The summed E-state index contributed by atoms with van der Waals surface area (Å²) < 4.78 is 68.9. The fourth-order valence-electron chi connectivity index (χ4n) is 4.52. The van der Waals surface area contributed by atoms with E-state index in [4.69, 9.17) is 5.73 Å². The number of pyridine rings is 1. The monoisotopic (exact) mass is 468 g/mol. The van der Waals surface area contributed by atoms with Gasteiger partial charge in [-0.15, -0.1) is 0 Å². The predicted octanol–water partition coefficient (Wildman–Crippen LogP) is 4.42. The van der Waals surface area contributed by atoms with Crippen LogP contribution < -0.4 is 16.0 Å². The Hall–Kier alpha value is -2.75. The standard InChI is InChI=1S/C23H25F5N4O/c1-22(29)5-6-32(12-22)19-17(14-7-15(24)9-16(25)8-14)10-30-11-18(19)21(33)31-20(23(26,27)28)13-3-2-4-13/h7-11,13,20H,2-6,12,29H2,1H3,(H,31,33)/t20?,22-/m0/s1. The summed E-state index contributed by atoms with van der Waals surface area (Å²) in [6.07, 6.45) is -0.0410. The highest BCUT2D eigenvalue weighted by Crippen LogP contribution is 2.40. The third-order valence-electron chi connectivity index (χ3n) is 6.42. The predicted molar refractivity (Wildman–Crippen MR) is 114 cm³/mol. The number of nitrogens with two attached hydrogens (primary N) is 1.